The maximum atomic E-state index is 15.6. The monoisotopic (exact) mass is 2230 g/mol. The van der Waals surface area contributed by atoms with Crippen molar-refractivity contribution >= 4 is 129 Å². The van der Waals surface area contributed by atoms with Gasteiger partial charge in [0.05, 0.1) is 130 Å². The summed E-state index contributed by atoms with van der Waals surface area (Å²) in [5, 5.41) is 11.8. The van der Waals surface area contributed by atoms with E-state index in [1.165, 1.54) is 79.6 Å². The number of H-pyrrole nitrogens is 4. The molecule has 0 saturated carbocycles. The normalized spacial score (nSPS) is 29.0. The van der Waals surface area contributed by atoms with Crippen LogP contribution in [0.1, 0.15) is 73.8 Å². The molecule has 0 radical (unpaired) electrons. The molecule has 6 aliphatic rings. The summed E-state index contributed by atoms with van der Waals surface area (Å²) in [5.74, 6) is -1.24. The first kappa shape index (κ1) is 113. The number of ether oxygens (including phenoxy) is 16. The number of methoxy groups -OCH3 is 5. The molecule has 15 heterocycles. The summed E-state index contributed by atoms with van der Waals surface area (Å²) >= 11 is 16.7. The van der Waals surface area contributed by atoms with E-state index in [0.29, 0.717) is 0 Å². The van der Waals surface area contributed by atoms with Gasteiger partial charge in [0.1, 0.15) is 129 Å². The van der Waals surface area contributed by atoms with Crippen molar-refractivity contribution < 1.29 is 159 Å². The van der Waals surface area contributed by atoms with E-state index < -0.39 is 268 Å². The topological polar surface area (TPSA) is 823 Å². The molecule has 9 aromatic rings. The lowest BCUT2D eigenvalue weighted by atomic mass is 10.1. The van der Waals surface area contributed by atoms with Crippen LogP contribution in [0.2, 0.25) is 0 Å². The highest BCUT2D eigenvalue weighted by Gasteiger charge is 2.57. The lowest BCUT2D eigenvalue weighted by Gasteiger charge is -2.36. The molecule has 6 fully saturated rings. The zero-order valence-corrected chi connectivity index (χ0v) is 86.1. The maximum Gasteiger partial charge on any atom is 0.351 e. The average molecular weight is 2230 g/mol. The van der Waals surface area contributed by atoms with Gasteiger partial charge in [-0.15, -0.1) is 0 Å². The second kappa shape index (κ2) is 48.4. The number of phosphoric ester groups is 2. The Morgan fingerprint density at radius 3 is 1.27 bits per heavy atom. The van der Waals surface area contributed by atoms with Crippen LogP contribution in [-0.2, 0) is 171 Å². The van der Waals surface area contributed by atoms with Gasteiger partial charge in [0.25, 0.3) is 37.9 Å². The molecule has 0 spiro atoms. The van der Waals surface area contributed by atoms with Crippen LogP contribution in [-0.4, -0.2) is 331 Å². The highest BCUT2D eigenvalue weighted by atomic mass is 32.7. The van der Waals surface area contributed by atoms with Gasteiger partial charge in [-0.3, -0.25) is 80.2 Å². The Balaban J connectivity index is 0.731. The molecule has 13 N–H and O–H groups in total. The third-order valence-corrected chi connectivity index (χ3v) is 30.3. The number of hydrogen-bond donors (Lipinski definition) is 9. The van der Waals surface area contributed by atoms with E-state index >= 15 is 23.5 Å². The second-order valence-corrected chi connectivity index (χ2v) is 44.3. The molecule has 0 amide bonds. The molecule has 10 unspecified atom stereocenters. The Kier molecular flexibility index (Phi) is 37.2. The van der Waals surface area contributed by atoms with E-state index in [9.17, 15) is 48.5 Å². The van der Waals surface area contributed by atoms with Crippen molar-refractivity contribution in [3.05, 3.63) is 133 Å². The summed E-state index contributed by atoms with van der Waals surface area (Å²) in [4.78, 5) is 195. The Bertz CT molecular complexity index is 6840. The summed E-state index contributed by atoms with van der Waals surface area (Å²) in [5.41, 5.74) is 17.6. The number of aryl methyl sites for hydroxylation is 3. The number of aromatic nitrogens is 18. The third-order valence-electron chi connectivity index (χ3n) is 23.7. The van der Waals surface area contributed by atoms with Gasteiger partial charge in [-0.05, 0) is 27.2 Å². The number of rotatable bonds is 52. The maximum absolute atomic E-state index is 15.6. The van der Waals surface area contributed by atoms with Gasteiger partial charge in [0.15, 0.2) is 71.7 Å². The van der Waals surface area contributed by atoms with Gasteiger partial charge in [0, 0.05) is 77.3 Å². The molecule has 28 atom stereocenters. The van der Waals surface area contributed by atoms with Crippen LogP contribution in [0.4, 0.5) is 23.5 Å². The van der Waals surface area contributed by atoms with Crippen molar-refractivity contribution in [1.82, 2.24) is 87.2 Å². The SMILES string of the molecule is CC[C@H]1O[C@@H](n2cc(C)c(=O)[nH]c2=O)C[C@H]1OP([O-])(=S)OC[C@H]1O[C@@H](n2cnc3c(=O)[nH]c(N)nc32)C(OCCOC)[C@H]1OP(=O)([O-])OC[C@H]1O[C@@H](n2cnc3c(=O)[nH]c(N)nc32)C(OCCOC)[C@H]1OP(=O)([O-])OC[C@H]1O[C@@H](n2cnc3c(N)ncnc32)C(OCCOC)[C@H]1OP(=O)([S-])OC[C@H]1O[C@@H](n2cc(C)c(N)nc2=O)C(OCCOC)[C@H]1OP([O-])(=S)OC[C@H]1O[C@@H](n2cc(C)c(=O)[nH]c2=O)C(OCCOC)[C@H]1O. The highest BCUT2D eigenvalue weighted by molar-refractivity contribution is 8.32. The fourth-order valence-electron chi connectivity index (χ4n) is 16.8. The van der Waals surface area contributed by atoms with Crippen LogP contribution >= 0.6 is 35.9 Å². The smallest absolute Gasteiger partial charge is 0.351 e. The fourth-order valence-corrected chi connectivity index (χ4v) is 23.0. The van der Waals surface area contributed by atoms with Crippen molar-refractivity contribution in [3.8, 4) is 0 Å². The zero-order valence-electron chi connectivity index (χ0n) is 79.1. The van der Waals surface area contributed by atoms with Gasteiger partial charge in [-0.25, -0.2) is 39.3 Å². The summed E-state index contributed by atoms with van der Waals surface area (Å²) in [6, 6.07) is 0. The van der Waals surface area contributed by atoms with Crippen LogP contribution in [0.25, 0.3) is 33.5 Å². The van der Waals surface area contributed by atoms with Crippen molar-refractivity contribution in [3.63, 3.8) is 0 Å². The number of aromatic amines is 4. The van der Waals surface area contributed by atoms with Crippen LogP contribution in [0.15, 0.2) is 77.5 Å². The van der Waals surface area contributed by atoms with Gasteiger partial charge in [0.2, 0.25) is 11.9 Å². The predicted molar refractivity (Wildman–Crippen MR) is 500 cm³/mol. The Morgan fingerprint density at radius 1 is 0.415 bits per heavy atom. The van der Waals surface area contributed by atoms with Gasteiger partial charge in [-0.2, -0.15) is 15.0 Å². The number of phosphoric acid groups is 2. The van der Waals surface area contributed by atoms with Crippen LogP contribution in [0, 0.1) is 20.8 Å². The molecule has 0 aliphatic carbocycles. The number of nitrogen functional groups attached to an aromatic ring is 4. The van der Waals surface area contributed by atoms with Crippen molar-refractivity contribution in [2.75, 3.05) is 158 Å². The minimum Gasteiger partial charge on any atom is -0.780 e. The molecule has 6 aliphatic heterocycles. The number of fused-ring (bicyclic) bond motifs is 3. The summed E-state index contributed by atoms with van der Waals surface area (Å²) in [6.45, 7) is -17.3. The van der Waals surface area contributed by atoms with Gasteiger partial charge < -0.3 is 181 Å². The Labute approximate surface area is 843 Å². The molecular weight excluding hydrogens is 2130 g/mol. The number of nitrogens with zero attached hydrogens (tertiary/aromatic N) is 14. The van der Waals surface area contributed by atoms with Crippen molar-refractivity contribution in [2.45, 2.75) is 182 Å². The number of nitrogens with two attached hydrogens (primary N) is 4. The van der Waals surface area contributed by atoms with E-state index in [4.69, 9.17) is 180 Å². The minimum absolute atomic E-state index is 0.00226. The minimum atomic E-state index is -6.23. The summed E-state index contributed by atoms with van der Waals surface area (Å²) < 4.78 is 208. The molecule has 71 heteroatoms. The zero-order chi connectivity index (χ0) is 106. The molecule has 0 bridgehead atoms. The molecule has 63 nitrogen and oxygen atoms in total. The van der Waals surface area contributed by atoms with E-state index in [1.807, 2.05) is 0 Å². The molecule has 15 rings (SSSR count). The van der Waals surface area contributed by atoms with Gasteiger partial charge in [-0.1, -0.05) is 30.5 Å². The molecule has 9 aromatic heterocycles. The van der Waals surface area contributed by atoms with E-state index in [1.54, 1.807) is 6.92 Å². The molecule has 6 saturated heterocycles. The first-order valence-corrected chi connectivity index (χ1v) is 55.3. The fraction of sp³-hybridized carbons (Fsp3) is 0.645. The number of hydrogen-bond acceptors (Lipinski definition) is 56. The van der Waals surface area contributed by atoms with E-state index in [-0.39, 0.29) is 134 Å². The highest BCUT2D eigenvalue weighted by Crippen LogP contribution is 2.57. The first-order chi connectivity index (χ1) is 70.0. The molecular formula is C76H104N22O41P5S3-5. The first-order valence-electron chi connectivity index (χ1n) is 44.7. The van der Waals surface area contributed by atoms with E-state index in [2.05, 4.69) is 59.8 Å². The number of imidazole rings is 3. The van der Waals surface area contributed by atoms with Crippen LogP contribution < -0.4 is 81.8 Å². The summed E-state index contributed by atoms with van der Waals surface area (Å²) in [7, 11) is -5.78. The van der Waals surface area contributed by atoms with Crippen molar-refractivity contribution in [2.24, 2.45) is 0 Å². The number of aliphatic hydroxyl groups is 1. The van der Waals surface area contributed by atoms with Gasteiger partial charge >= 0.3 is 17.1 Å². The quantitative estimate of drug-likeness (QED) is 0.00981. The standard InChI is InChI=1S/C76H109N22O41P5S3/c1-10-37-38(21-44(129-37)93-23-35(3)63(100)91-75(93)105)135-142(111,145)127-28-42-50(55(121-18-13-116-7)71(134-42)98-33-85-47-62(98)88-73(80)90-66(47)103)137-140(107,108)124-26-40-49(54(120-17-12-115-6)70(132-40)97-32-84-46-61(97)87-72(79)89-65(46)102)136-141(109,110)125-27-41-51(57(123-20-15-118-9)69(133-41)96-31-83-45-59(78)81-30-82-60(45)96)138-144(113,147)128-29-43-52(56(122-19-14-117-8)68(131-43)94-22-34(2)58(77)86-74(94)104)139-143(112,146)126-25-39-48(99)53(119-16-11-114-5)67(130-39)95-24-36(4)64(101)92-76(95)106/h22-24,30-33,37-44,48-57,67-71,99H,10-21,25-29H2,1-9H3,(H,107,108)(H,109,110)(H,111,145)(H,112,146)(H,113,147)(H2,77,86,104)(H2,78,81,82)(H,91,100,105)(H,92,101,106)(H3,79,87,89,102)(H3,80,88,90,103)/p-5/t37-,38-,39-,40-,41-,42-,43-,44-,48+,49+,50+,51+,52+,53?,54?,55?,56?,57?,67-,68-,69-,70-,71-,142?,143?,144?/m1/s1. The van der Waals surface area contributed by atoms with Crippen molar-refractivity contribution in [1.29, 1.82) is 0 Å². The largest absolute Gasteiger partial charge is 0.780 e. The number of nitrogens with one attached hydrogen (secondary N) is 4. The Hall–Kier alpha value is -8.21. The van der Waals surface area contributed by atoms with Crippen LogP contribution in [0.5, 0.6) is 0 Å². The second-order valence-electron chi connectivity index (χ2n) is 33.5. The predicted octanol–water partition coefficient (Wildman–Crippen LogP) is -4.82. The lowest BCUT2D eigenvalue weighted by molar-refractivity contribution is -0.241. The average Bonchev–Trinajstić information content (AvgIpc) is 2.49. The molecule has 0 aromatic carbocycles. The van der Waals surface area contributed by atoms with E-state index in [0.717, 1.165) is 48.0 Å². The summed E-state index contributed by atoms with van der Waals surface area (Å²) in [6.07, 6.45) is -30.8. The van der Waals surface area contributed by atoms with Crippen LogP contribution in [0.3, 0.4) is 0 Å². The lowest BCUT2D eigenvalue weighted by Crippen LogP contribution is -2.42. The number of aliphatic hydroxyl groups excluding tert-OH is 1. The number of anilines is 4. The Morgan fingerprint density at radius 2 is 0.796 bits per heavy atom. The third kappa shape index (κ3) is 26.3. The molecule has 147 heavy (non-hydrogen) atoms. The molecule has 812 valence electrons.